The minimum atomic E-state index is -0.741. The average molecular weight is 192 g/mol. The summed E-state index contributed by atoms with van der Waals surface area (Å²) in [5.41, 5.74) is 1.66. The molecule has 1 N–H and O–H groups in total. The standard InChI is InChI=1S/C11H9FO2/c12-8-3-1-2-5-6(8)4-7-9(5)10(7)11(13)14/h1-3,7,9-10H,4H2,(H,13,14)/t7-,9-,10-/m1/s1. The molecule has 0 aromatic heterocycles. The van der Waals surface area contributed by atoms with Gasteiger partial charge in [-0.1, -0.05) is 12.1 Å². The van der Waals surface area contributed by atoms with Gasteiger partial charge in [0.15, 0.2) is 0 Å². The molecule has 1 aromatic carbocycles. The highest BCUT2D eigenvalue weighted by molar-refractivity contribution is 5.77. The molecule has 2 aliphatic carbocycles. The Bertz CT molecular complexity index is 427. The molecule has 0 heterocycles. The first-order chi connectivity index (χ1) is 6.70. The van der Waals surface area contributed by atoms with Crippen molar-refractivity contribution in [3.63, 3.8) is 0 Å². The molecular formula is C11H9FO2. The molecule has 0 amide bonds. The van der Waals surface area contributed by atoms with Crippen molar-refractivity contribution in [1.29, 1.82) is 0 Å². The molecule has 0 bridgehead atoms. The first-order valence-corrected chi connectivity index (χ1v) is 4.70. The van der Waals surface area contributed by atoms with Crippen LogP contribution in [0.25, 0.3) is 0 Å². The largest absolute Gasteiger partial charge is 0.481 e. The van der Waals surface area contributed by atoms with Gasteiger partial charge < -0.3 is 5.11 Å². The molecule has 1 saturated carbocycles. The highest BCUT2D eigenvalue weighted by Gasteiger charge is 2.60. The number of fused-ring (bicyclic) bond motifs is 3. The molecule has 0 aliphatic heterocycles. The van der Waals surface area contributed by atoms with Crippen molar-refractivity contribution in [2.24, 2.45) is 11.8 Å². The summed E-state index contributed by atoms with van der Waals surface area (Å²) < 4.78 is 13.3. The van der Waals surface area contributed by atoms with Crippen LogP contribution in [-0.2, 0) is 11.2 Å². The van der Waals surface area contributed by atoms with Crippen molar-refractivity contribution in [2.75, 3.05) is 0 Å². The van der Waals surface area contributed by atoms with E-state index in [2.05, 4.69) is 0 Å². The summed E-state index contributed by atoms with van der Waals surface area (Å²) in [6.45, 7) is 0. The molecule has 0 radical (unpaired) electrons. The second kappa shape index (κ2) is 2.35. The molecule has 3 heteroatoms. The number of halogens is 1. The van der Waals surface area contributed by atoms with Gasteiger partial charge in [0.1, 0.15) is 5.82 Å². The molecule has 1 aromatic rings. The van der Waals surface area contributed by atoms with E-state index in [0.29, 0.717) is 6.42 Å². The fourth-order valence-electron chi connectivity index (χ4n) is 2.73. The first-order valence-electron chi connectivity index (χ1n) is 4.70. The Balaban J connectivity index is 2.03. The second-order valence-corrected chi connectivity index (χ2v) is 4.07. The van der Waals surface area contributed by atoms with E-state index in [1.165, 1.54) is 6.07 Å². The highest BCUT2D eigenvalue weighted by Crippen LogP contribution is 2.61. The van der Waals surface area contributed by atoms with E-state index >= 15 is 0 Å². The van der Waals surface area contributed by atoms with Crippen LogP contribution in [0.15, 0.2) is 18.2 Å². The summed E-state index contributed by atoms with van der Waals surface area (Å²) in [5, 5.41) is 8.86. The Hall–Kier alpha value is -1.38. The topological polar surface area (TPSA) is 37.3 Å². The number of benzene rings is 1. The summed E-state index contributed by atoms with van der Waals surface area (Å²) in [4.78, 5) is 10.8. The summed E-state index contributed by atoms with van der Waals surface area (Å²) >= 11 is 0. The van der Waals surface area contributed by atoms with Crippen LogP contribution in [0.3, 0.4) is 0 Å². The SMILES string of the molecule is O=C(O)[C@@H]1[C@@H]2Cc3c(F)cccc3[C@H]21. The Morgan fingerprint density at radius 1 is 1.50 bits per heavy atom. The Kier molecular flexibility index (Phi) is 1.34. The molecule has 14 heavy (non-hydrogen) atoms. The normalized spacial score (nSPS) is 32.2. The first kappa shape index (κ1) is 7.97. The van der Waals surface area contributed by atoms with Gasteiger partial charge in [-0.3, -0.25) is 4.79 Å². The maximum Gasteiger partial charge on any atom is 0.307 e. The zero-order chi connectivity index (χ0) is 9.87. The van der Waals surface area contributed by atoms with Gasteiger partial charge in [-0.15, -0.1) is 0 Å². The van der Waals surface area contributed by atoms with Crippen LogP contribution >= 0.6 is 0 Å². The average Bonchev–Trinajstić information content (AvgIpc) is 2.73. The number of aliphatic carboxylic acids is 1. The minimum absolute atomic E-state index is 0.0817. The zero-order valence-corrected chi connectivity index (χ0v) is 7.40. The van der Waals surface area contributed by atoms with Gasteiger partial charge in [-0.2, -0.15) is 0 Å². The van der Waals surface area contributed by atoms with E-state index in [-0.39, 0.29) is 23.6 Å². The van der Waals surface area contributed by atoms with Crippen molar-refractivity contribution < 1.29 is 14.3 Å². The van der Waals surface area contributed by atoms with Gasteiger partial charge in [-0.25, -0.2) is 4.39 Å². The van der Waals surface area contributed by atoms with Gasteiger partial charge in [-0.05, 0) is 29.5 Å². The molecule has 0 unspecified atom stereocenters. The zero-order valence-electron chi connectivity index (χ0n) is 7.40. The van der Waals surface area contributed by atoms with Gasteiger partial charge in [0.2, 0.25) is 0 Å². The number of carbonyl (C=O) groups is 1. The van der Waals surface area contributed by atoms with Crippen LogP contribution in [0.4, 0.5) is 4.39 Å². The minimum Gasteiger partial charge on any atom is -0.481 e. The second-order valence-electron chi connectivity index (χ2n) is 4.07. The Labute approximate surface area is 80.4 Å². The van der Waals surface area contributed by atoms with E-state index in [9.17, 15) is 9.18 Å². The third kappa shape index (κ3) is 0.820. The van der Waals surface area contributed by atoms with Crippen molar-refractivity contribution in [3.8, 4) is 0 Å². The molecule has 2 aliphatic rings. The Morgan fingerprint density at radius 2 is 2.29 bits per heavy atom. The van der Waals surface area contributed by atoms with Crippen molar-refractivity contribution in [2.45, 2.75) is 12.3 Å². The molecule has 0 spiro atoms. The molecular weight excluding hydrogens is 183 g/mol. The van der Waals surface area contributed by atoms with Crippen LogP contribution in [0.1, 0.15) is 17.0 Å². The summed E-state index contributed by atoms with van der Waals surface area (Å²) in [6, 6.07) is 4.96. The maximum absolute atomic E-state index is 13.3. The number of hydrogen-bond acceptors (Lipinski definition) is 1. The summed E-state index contributed by atoms with van der Waals surface area (Å²) in [7, 11) is 0. The lowest BCUT2D eigenvalue weighted by Crippen LogP contribution is -2.06. The predicted molar refractivity (Wildman–Crippen MR) is 47.5 cm³/mol. The fourth-order valence-corrected chi connectivity index (χ4v) is 2.73. The lowest BCUT2D eigenvalue weighted by atomic mass is 10.0. The van der Waals surface area contributed by atoms with Crippen LogP contribution in [0.5, 0.6) is 0 Å². The number of carboxylic acid groups (broad SMARTS) is 1. The van der Waals surface area contributed by atoms with Gasteiger partial charge in [0.05, 0.1) is 5.92 Å². The number of rotatable bonds is 1. The third-order valence-electron chi connectivity index (χ3n) is 3.41. The molecule has 72 valence electrons. The maximum atomic E-state index is 13.3. The molecule has 1 fully saturated rings. The van der Waals surface area contributed by atoms with Crippen molar-refractivity contribution >= 4 is 5.97 Å². The van der Waals surface area contributed by atoms with Gasteiger partial charge in [0.25, 0.3) is 0 Å². The Morgan fingerprint density at radius 3 is 3.00 bits per heavy atom. The van der Waals surface area contributed by atoms with E-state index in [1.807, 2.05) is 6.07 Å². The van der Waals surface area contributed by atoms with Crippen LogP contribution in [-0.4, -0.2) is 11.1 Å². The molecule has 0 saturated heterocycles. The molecule has 3 atom stereocenters. The number of carboxylic acids is 1. The van der Waals surface area contributed by atoms with E-state index in [4.69, 9.17) is 5.11 Å². The predicted octanol–water partition coefficient (Wildman–Crippen LogP) is 1.80. The smallest absolute Gasteiger partial charge is 0.307 e. The monoisotopic (exact) mass is 192 g/mol. The highest BCUT2D eigenvalue weighted by atomic mass is 19.1. The van der Waals surface area contributed by atoms with Crippen LogP contribution < -0.4 is 0 Å². The van der Waals surface area contributed by atoms with E-state index in [0.717, 1.165) is 11.1 Å². The van der Waals surface area contributed by atoms with Crippen molar-refractivity contribution in [1.82, 2.24) is 0 Å². The molecule has 2 nitrogen and oxygen atoms in total. The van der Waals surface area contributed by atoms with E-state index in [1.54, 1.807) is 6.07 Å². The van der Waals surface area contributed by atoms with E-state index < -0.39 is 5.97 Å². The van der Waals surface area contributed by atoms with Crippen LogP contribution in [0.2, 0.25) is 0 Å². The lowest BCUT2D eigenvalue weighted by molar-refractivity contribution is -0.139. The van der Waals surface area contributed by atoms with Gasteiger partial charge in [0, 0.05) is 5.92 Å². The molecule has 3 rings (SSSR count). The van der Waals surface area contributed by atoms with Crippen molar-refractivity contribution in [3.05, 3.63) is 35.1 Å². The quantitative estimate of drug-likeness (QED) is 0.736. The van der Waals surface area contributed by atoms with Crippen LogP contribution in [0, 0.1) is 17.7 Å². The lowest BCUT2D eigenvalue weighted by Gasteiger charge is -2.05. The third-order valence-corrected chi connectivity index (χ3v) is 3.41. The summed E-state index contributed by atoms with van der Waals surface area (Å²) in [5.74, 6) is -0.948. The van der Waals surface area contributed by atoms with Gasteiger partial charge >= 0.3 is 5.97 Å². The fraction of sp³-hybridized carbons (Fsp3) is 0.364. The summed E-state index contributed by atoms with van der Waals surface area (Å²) in [6.07, 6.45) is 0.601. The number of hydrogen-bond donors (Lipinski definition) is 1.